The number of nitrogens with zero attached hydrogens (tertiary/aromatic N) is 2. The first-order valence-corrected chi connectivity index (χ1v) is 5.46. The number of hydrogen-bond donors (Lipinski definition) is 3. The van der Waals surface area contributed by atoms with Crippen LogP contribution in [0.2, 0.25) is 0 Å². The number of aromatic nitrogens is 3. The molecule has 0 aliphatic rings. The van der Waals surface area contributed by atoms with Crippen molar-refractivity contribution in [2.75, 3.05) is 18.5 Å². The minimum Gasteiger partial charge on any atom is -0.395 e. The van der Waals surface area contributed by atoms with Gasteiger partial charge < -0.3 is 15.4 Å². The number of hydrogen-bond acceptors (Lipinski definition) is 4. The summed E-state index contributed by atoms with van der Waals surface area (Å²) in [6.07, 6.45) is 1.53. The van der Waals surface area contributed by atoms with Crippen LogP contribution in [0.5, 0.6) is 0 Å². The van der Waals surface area contributed by atoms with Crippen LogP contribution >= 0.6 is 0 Å². The van der Waals surface area contributed by atoms with Crippen molar-refractivity contribution in [1.29, 1.82) is 0 Å². The normalized spacial score (nSPS) is 11.1. The molecule has 0 fully saturated rings. The third-order valence-corrected chi connectivity index (χ3v) is 2.69. The average molecular weight is 228 g/mol. The fourth-order valence-electron chi connectivity index (χ4n) is 1.95. The van der Waals surface area contributed by atoms with Crippen molar-refractivity contribution in [2.45, 2.75) is 0 Å². The van der Waals surface area contributed by atoms with Crippen molar-refractivity contribution < 1.29 is 5.11 Å². The molecule has 0 unspecified atom stereocenters. The number of aliphatic hydroxyl groups is 1. The number of nitrogens with one attached hydrogen (secondary N) is 2. The molecule has 1 aromatic carbocycles. The first-order valence-electron chi connectivity index (χ1n) is 5.46. The first-order chi connectivity index (χ1) is 8.40. The van der Waals surface area contributed by atoms with Crippen LogP contribution in [0.1, 0.15) is 0 Å². The lowest BCUT2D eigenvalue weighted by Crippen LogP contribution is -2.07. The lowest BCUT2D eigenvalue weighted by molar-refractivity contribution is 0.311. The van der Waals surface area contributed by atoms with Crippen LogP contribution in [0.25, 0.3) is 21.9 Å². The van der Waals surface area contributed by atoms with E-state index in [0.717, 1.165) is 27.8 Å². The number of fused-ring (bicyclic) bond motifs is 3. The van der Waals surface area contributed by atoms with Gasteiger partial charge in [-0.3, -0.25) is 0 Å². The Hall–Kier alpha value is -2.14. The molecule has 3 rings (SSSR count). The largest absolute Gasteiger partial charge is 0.395 e. The van der Waals surface area contributed by atoms with E-state index in [0.29, 0.717) is 6.54 Å². The minimum atomic E-state index is 0.0751. The van der Waals surface area contributed by atoms with Gasteiger partial charge in [0.15, 0.2) is 5.82 Å². The molecule has 0 aliphatic heterocycles. The molecule has 0 amide bonds. The van der Waals surface area contributed by atoms with Crippen molar-refractivity contribution in [3.63, 3.8) is 0 Å². The number of anilines is 1. The number of aromatic amines is 1. The van der Waals surface area contributed by atoms with Crippen molar-refractivity contribution in [1.82, 2.24) is 15.0 Å². The standard InChI is InChI=1S/C12H12N4O/c17-6-5-13-12-11-10(14-7-15-12)8-3-1-2-4-9(8)16-11/h1-4,7,16-17H,5-6H2,(H,13,14,15). The predicted molar refractivity (Wildman–Crippen MR) is 67.0 cm³/mol. The highest BCUT2D eigenvalue weighted by Crippen LogP contribution is 2.26. The Bertz CT molecular complexity index is 662. The zero-order valence-corrected chi connectivity index (χ0v) is 9.14. The van der Waals surface area contributed by atoms with Crippen LogP contribution in [0.15, 0.2) is 30.6 Å². The van der Waals surface area contributed by atoms with Crippen molar-refractivity contribution in [3.05, 3.63) is 30.6 Å². The molecule has 3 N–H and O–H groups in total. The first kappa shape index (κ1) is 10.0. The SMILES string of the molecule is OCCNc1ncnc2c1[nH]c1ccccc12. The molecule has 0 bridgehead atoms. The summed E-state index contributed by atoms with van der Waals surface area (Å²) in [5.74, 6) is 0.722. The summed E-state index contributed by atoms with van der Waals surface area (Å²) in [6, 6.07) is 7.99. The molecule has 0 radical (unpaired) electrons. The van der Waals surface area contributed by atoms with E-state index >= 15 is 0 Å². The molecule has 2 heterocycles. The van der Waals surface area contributed by atoms with E-state index in [1.807, 2.05) is 24.3 Å². The Labute approximate surface area is 97.5 Å². The number of aliphatic hydroxyl groups excluding tert-OH is 1. The predicted octanol–water partition coefficient (Wildman–Crippen LogP) is 1.52. The second-order valence-corrected chi connectivity index (χ2v) is 3.77. The van der Waals surface area contributed by atoms with E-state index in [4.69, 9.17) is 5.11 Å². The quantitative estimate of drug-likeness (QED) is 0.635. The highest BCUT2D eigenvalue weighted by molar-refractivity contribution is 6.07. The highest BCUT2D eigenvalue weighted by Gasteiger charge is 2.09. The molecule has 0 saturated carbocycles. The summed E-state index contributed by atoms with van der Waals surface area (Å²) in [5, 5.41) is 13.0. The summed E-state index contributed by atoms with van der Waals surface area (Å²) in [5.41, 5.74) is 2.81. The van der Waals surface area contributed by atoms with Crippen molar-refractivity contribution >= 4 is 27.8 Å². The maximum Gasteiger partial charge on any atom is 0.153 e. The van der Waals surface area contributed by atoms with Crippen LogP contribution < -0.4 is 5.32 Å². The Morgan fingerprint density at radius 3 is 3.00 bits per heavy atom. The zero-order chi connectivity index (χ0) is 11.7. The molecule has 0 atom stereocenters. The number of benzene rings is 1. The van der Waals surface area contributed by atoms with E-state index in [1.54, 1.807) is 0 Å². The monoisotopic (exact) mass is 228 g/mol. The molecular weight excluding hydrogens is 216 g/mol. The Balaban J connectivity index is 2.24. The van der Waals surface area contributed by atoms with E-state index < -0.39 is 0 Å². The maximum atomic E-state index is 8.82. The second-order valence-electron chi connectivity index (χ2n) is 3.77. The number of para-hydroxylation sites is 1. The Kier molecular flexibility index (Phi) is 2.38. The van der Waals surface area contributed by atoms with Gasteiger partial charge in [0.2, 0.25) is 0 Å². The Morgan fingerprint density at radius 1 is 1.24 bits per heavy atom. The summed E-state index contributed by atoms with van der Waals surface area (Å²) in [4.78, 5) is 11.8. The maximum absolute atomic E-state index is 8.82. The van der Waals surface area contributed by atoms with Gasteiger partial charge in [-0.25, -0.2) is 9.97 Å². The molecule has 0 saturated heterocycles. The smallest absolute Gasteiger partial charge is 0.153 e. The van der Waals surface area contributed by atoms with E-state index in [9.17, 15) is 0 Å². The molecule has 17 heavy (non-hydrogen) atoms. The van der Waals surface area contributed by atoms with Gasteiger partial charge >= 0.3 is 0 Å². The van der Waals surface area contributed by atoms with Gasteiger partial charge in [0, 0.05) is 17.4 Å². The van der Waals surface area contributed by atoms with Gasteiger partial charge in [-0.15, -0.1) is 0 Å². The molecule has 2 aromatic heterocycles. The van der Waals surface area contributed by atoms with Gasteiger partial charge in [0.05, 0.1) is 6.61 Å². The average Bonchev–Trinajstić information content (AvgIpc) is 2.75. The van der Waals surface area contributed by atoms with Crippen molar-refractivity contribution in [2.24, 2.45) is 0 Å². The van der Waals surface area contributed by atoms with Gasteiger partial charge in [-0.2, -0.15) is 0 Å². The van der Waals surface area contributed by atoms with Crippen LogP contribution in [0.3, 0.4) is 0 Å². The molecule has 86 valence electrons. The molecule has 0 aliphatic carbocycles. The number of rotatable bonds is 3. The fraction of sp³-hybridized carbons (Fsp3) is 0.167. The van der Waals surface area contributed by atoms with Gasteiger partial charge in [0.25, 0.3) is 0 Å². The van der Waals surface area contributed by atoms with Gasteiger partial charge in [0.1, 0.15) is 17.4 Å². The molecular formula is C12H12N4O. The van der Waals surface area contributed by atoms with Crippen LogP contribution in [-0.4, -0.2) is 33.2 Å². The summed E-state index contributed by atoms with van der Waals surface area (Å²) < 4.78 is 0. The molecule has 3 aromatic rings. The highest BCUT2D eigenvalue weighted by atomic mass is 16.3. The van der Waals surface area contributed by atoms with Crippen LogP contribution in [0, 0.1) is 0 Å². The van der Waals surface area contributed by atoms with Crippen LogP contribution in [0.4, 0.5) is 5.82 Å². The summed E-state index contributed by atoms with van der Waals surface area (Å²) in [6.45, 7) is 0.549. The van der Waals surface area contributed by atoms with Crippen molar-refractivity contribution in [3.8, 4) is 0 Å². The van der Waals surface area contributed by atoms with Gasteiger partial charge in [-0.1, -0.05) is 18.2 Å². The molecule has 5 nitrogen and oxygen atoms in total. The lowest BCUT2D eigenvalue weighted by Gasteiger charge is -2.03. The summed E-state index contributed by atoms with van der Waals surface area (Å²) >= 11 is 0. The summed E-state index contributed by atoms with van der Waals surface area (Å²) in [7, 11) is 0. The van der Waals surface area contributed by atoms with E-state index in [2.05, 4.69) is 20.3 Å². The zero-order valence-electron chi connectivity index (χ0n) is 9.14. The van der Waals surface area contributed by atoms with Crippen LogP contribution in [-0.2, 0) is 0 Å². The molecule has 5 heteroatoms. The number of H-pyrrole nitrogens is 1. The minimum absolute atomic E-state index is 0.0751. The topological polar surface area (TPSA) is 73.8 Å². The second kappa shape index (κ2) is 4.03. The molecule has 0 spiro atoms. The Morgan fingerprint density at radius 2 is 2.12 bits per heavy atom. The fourth-order valence-corrected chi connectivity index (χ4v) is 1.95. The third kappa shape index (κ3) is 1.60. The third-order valence-electron chi connectivity index (χ3n) is 2.69. The van der Waals surface area contributed by atoms with E-state index in [-0.39, 0.29) is 6.61 Å². The van der Waals surface area contributed by atoms with Gasteiger partial charge in [-0.05, 0) is 6.07 Å². The van der Waals surface area contributed by atoms with E-state index in [1.165, 1.54) is 6.33 Å². The lowest BCUT2D eigenvalue weighted by atomic mass is 10.2.